The van der Waals surface area contributed by atoms with E-state index >= 15 is 0 Å². The Hall–Kier alpha value is -3.15. The fraction of sp³-hybridized carbons (Fsp3) is 0.348. The van der Waals surface area contributed by atoms with Gasteiger partial charge in [-0.2, -0.15) is 0 Å². The highest BCUT2D eigenvalue weighted by molar-refractivity contribution is 6.22. The molecule has 2 aromatic carbocycles. The number of aryl methyl sites for hydroxylation is 1. The summed E-state index contributed by atoms with van der Waals surface area (Å²) < 4.78 is 5.19. The Balaban J connectivity index is 1.55. The average molecular weight is 392 g/mol. The summed E-state index contributed by atoms with van der Waals surface area (Å²) in [4.78, 5) is 41.9. The van der Waals surface area contributed by atoms with Gasteiger partial charge in [0.05, 0.1) is 18.2 Å². The van der Waals surface area contributed by atoms with Gasteiger partial charge in [0.25, 0.3) is 11.8 Å². The van der Waals surface area contributed by atoms with Crippen LogP contribution in [0.15, 0.2) is 42.5 Å². The zero-order valence-corrected chi connectivity index (χ0v) is 16.8. The van der Waals surface area contributed by atoms with Gasteiger partial charge in [0.2, 0.25) is 5.91 Å². The van der Waals surface area contributed by atoms with Gasteiger partial charge >= 0.3 is 0 Å². The lowest BCUT2D eigenvalue weighted by Gasteiger charge is -2.29. The highest BCUT2D eigenvalue weighted by Crippen LogP contribution is 2.32. The summed E-state index contributed by atoms with van der Waals surface area (Å²) in [6.45, 7) is 3.96. The van der Waals surface area contributed by atoms with Crippen LogP contribution in [0.2, 0.25) is 0 Å². The normalized spacial score (nSPS) is 16.6. The molecule has 1 atom stereocenters. The molecule has 0 radical (unpaired) electrons. The molecule has 4 rings (SSSR count). The Morgan fingerprint density at radius 2 is 1.76 bits per heavy atom. The van der Waals surface area contributed by atoms with Crippen molar-refractivity contribution in [1.82, 2.24) is 9.80 Å². The molecule has 0 aromatic heterocycles. The average Bonchev–Trinajstić information content (AvgIpc) is 3.53. The zero-order valence-electron chi connectivity index (χ0n) is 16.8. The zero-order chi connectivity index (χ0) is 20.7. The summed E-state index contributed by atoms with van der Waals surface area (Å²) in [6.07, 6.45) is 1.88. The second-order valence-electron chi connectivity index (χ2n) is 7.75. The maximum atomic E-state index is 13.3. The molecule has 1 aliphatic heterocycles. The minimum atomic E-state index is -0.846. The molecule has 150 valence electrons. The third-order valence-electron chi connectivity index (χ3n) is 5.60. The van der Waals surface area contributed by atoms with Gasteiger partial charge in [0.1, 0.15) is 11.8 Å². The SMILES string of the molecule is COc1ccc(CN(C(=O)C(C)N2C(=O)c3ccc(C)cc3C2=O)C2CC2)cc1. The number of rotatable bonds is 6. The van der Waals surface area contributed by atoms with Crippen molar-refractivity contribution in [1.29, 1.82) is 0 Å². The van der Waals surface area contributed by atoms with Gasteiger partial charge in [-0.05, 0) is 56.5 Å². The van der Waals surface area contributed by atoms with E-state index in [1.54, 1.807) is 37.1 Å². The molecule has 1 aliphatic carbocycles. The van der Waals surface area contributed by atoms with Gasteiger partial charge in [0.15, 0.2) is 0 Å². The van der Waals surface area contributed by atoms with Crippen molar-refractivity contribution in [2.75, 3.05) is 7.11 Å². The summed E-state index contributed by atoms with van der Waals surface area (Å²) in [7, 11) is 1.61. The van der Waals surface area contributed by atoms with Crippen molar-refractivity contribution in [2.45, 2.75) is 45.3 Å². The van der Waals surface area contributed by atoms with Crippen LogP contribution in [-0.4, -0.2) is 46.7 Å². The second kappa shape index (κ2) is 7.35. The van der Waals surface area contributed by atoms with E-state index in [2.05, 4.69) is 0 Å². The molecule has 2 aliphatic rings. The van der Waals surface area contributed by atoms with E-state index in [9.17, 15) is 14.4 Å². The summed E-state index contributed by atoms with van der Waals surface area (Å²) in [5.74, 6) is -0.233. The first kappa shape index (κ1) is 19.2. The number of benzene rings is 2. The van der Waals surface area contributed by atoms with E-state index in [-0.39, 0.29) is 11.9 Å². The first-order valence-corrected chi connectivity index (χ1v) is 9.82. The number of ether oxygens (including phenoxy) is 1. The van der Waals surface area contributed by atoms with E-state index in [0.29, 0.717) is 17.7 Å². The molecule has 0 bridgehead atoms. The number of nitrogens with zero attached hydrogens (tertiary/aromatic N) is 2. The monoisotopic (exact) mass is 392 g/mol. The standard InChI is InChI=1S/C23H24N2O4/c1-14-4-11-19-20(12-14)23(28)25(22(19)27)15(2)21(26)24(17-7-8-17)13-16-5-9-18(29-3)10-6-16/h4-6,9-12,15,17H,7-8,13H2,1-3H3. The first-order chi connectivity index (χ1) is 13.9. The summed E-state index contributed by atoms with van der Waals surface area (Å²) in [5, 5.41) is 0. The number of methoxy groups -OCH3 is 1. The van der Waals surface area contributed by atoms with E-state index in [0.717, 1.165) is 34.6 Å². The lowest BCUT2D eigenvalue weighted by atomic mass is 10.1. The van der Waals surface area contributed by atoms with Gasteiger partial charge in [0, 0.05) is 12.6 Å². The van der Waals surface area contributed by atoms with Crippen LogP contribution >= 0.6 is 0 Å². The summed E-state index contributed by atoms with van der Waals surface area (Å²) >= 11 is 0. The Kier molecular flexibility index (Phi) is 4.86. The van der Waals surface area contributed by atoms with Crippen molar-refractivity contribution in [3.8, 4) is 5.75 Å². The number of carbonyl (C=O) groups is 3. The van der Waals surface area contributed by atoms with E-state index in [4.69, 9.17) is 4.74 Å². The third kappa shape index (κ3) is 3.50. The second-order valence-corrected chi connectivity index (χ2v) is 7.75. The maximum absolute atomic E-state index is 13.3. The Labute approximate surface area is 170 Å². The molecule has 1 fully saturated rings. The molecule has 0 saturated heterocycles. The lowest BCUT2D eigenvalue weighted by Crippen LogP contribution is -2.49. The van der Waals surface area contributed by atoms with Crippen LogP contribution in [0.25, 0.3) is 0 Å². The van der Waals surface area contributed by atoms with Gasteiger partial charge in [-0.25, -0.2) is 0 Å². The third-order valence-corrected chi connectivity index (χ3v) is 5.60. The van der Waals surface area contributed by atoms with Crippen LogP contribution in [-0.2, 0) is 11.3 Å². The van der Waals surface area contributed by atoms with E-state index in [1.807, 2.05) is 31.2 Å². The largest absolute Gasteiger partial charge is 0.497 e. The fourth-order valence-electron chi connectivity index (χ4n) is 3.78. The van der Waals surface area contributed by atoms with Crippen LogP contribution in [0.5, 0.6) is 5.75 Å². The molecule has 1 heterocycles. The molecule has 1 saturated carbocycles. The molecular weight excluding hydrogens is 368 g/mol. The molecule has 6 heteroatoms. The van der Waals surface area contributed by atoms with Gasteiger partial charge in [-0.1, -0.05) is 23.8 Å². The summed E-state index contributed by atoms with van der Waals surface area (Å²) in [6, 6.07) is 12.1. The Bertz CT molecular complexity index is 979. The maximum Gasteiger partial charge on any atom is 0.262 e. The highest BCUT2D eigenvalue weighted by atomic mass is 16.5. The fourth-order valence-corrected chi connectivity index (χ4v) is 3.78. The Morgan fingerprint density at radius 1 is 1.10 bits per heavy atom. The number of hydrogen-bond acceptors (Lipinski definition) is 4. The molecule has 1 unspecified atom stereocenters. The highest BCUT2D eigenvalue weighted by Gasteiger charge is 2.44. The predicted molar refractivity (Wildman–Crippen MR) is 108 cm³/mol. The number of hydrogen-bond donors (Lipinski definition) is 0. The topological polar surface area (TPSA) is 66.9 Å². The van der Waals surface area contributed by atoms with E-state index in [1.165, 1.54) is 0 Å². The number of fused-ring (bicyclic) bond motifs is 1. The van der Waals surface area contributed by atoms with Crippen molar-refractivity contribution in [2.24, 2.45) is 0 Å². The van der Waals surface area contributed by atoms with E-state index < -0.39 is 17.9 Å². The van der Waals surface area contributed by atoms with Crippen molar-refractivity contribution in [3.63, 3.8) is 0 Å². The smallest absolute Gasteiger partial charge is 0.262 e. The van der Waals surface area contributed by atoms with Crippen LogP contribution in [0.4, 0.5) is 0 Å². The minimum absolute atomic E-state index is 0.157. The lowest BCUT2D eigenvalue weighted by molar-refractivity contribution is -0.136. The number of amides is 3. The van der Waals surface area contributed by atoms with Gasteiger partial charge < -0.3 is 9.64 Å². The summed E-state index contributed by atoms with van der Waals surface area (Å²) in [5.41, 5.74) is 2.64. The number of imide groups is 1. The van der Waals surface area contributed by atoms with Crippen molar-refractivity contribution in [3.05, 3.63) is 64.7 Å². The molecule has 2 aromatic rings. The minimum Gasteiger partial charge on any atom is -0.497 e. The van der Waals surface area contributed by atoms with Crippen molar-refractivity contribution >= 4 is 17.7 Å². The van der Waals surface area contributed by atoms with Gasteiger partial charge in [-0.15, -0.1) is 0 Å². The quantitative estimate of drug-likeness (QED) is 0.708. The van der Waals surface area contributed by atoms with Crippen LogP contribution in [0.3, 0.4) is 0 Å². The molecule has 6 nitrogen and oxygen atoms in total. The predicted octanol–water partition coefficient (Wildman–Crippen LogP) is 3.18. The molecule has 0 N–H and O–H groups in total. The molecule has 3 amide bonds. The van der Waals surface area contributed by atoms with Crippen molar-refractivity contribution < 1.29 is 19.1 Å². The van der Waals surface area contributed by atoms with Crippen LogP contribution < -0.4 is 4.74 Å². The van der Waals surface area contributed by atoms with Crippen LogP contribution in [0.1, 0.15) is 51.6 Å². The molecule has 29 heavy (non-hydrogen) atoms. The van der Waals surface area contributed by atoms with Gasteiger partial charge in [-0.3, -0.25) is 19.3 Å². The molecular formula is C23H24N2O4. The van der Waals surface area contributed by atoms with Crippen LogP contribution in [0, 0.1) is 6.92 Å². The first-order valence-electron chi connectivity index (χ1n) is 9.82. The Morgan fingerprint density at radius 3 is 2.38 bits per heavy atom. The molecule has 0 spiro atoms. The number of carbonyl (C=O) groups excluding carboxylic acids is 3.